The van der Waals surface area contributed by atoms with Crippen molar-refractivity contribution in [1.29, 1.82) is 0 Å². The molecule has 0 saturated carbocycles. The Morgan fingerprint density at radius 2 is 1.84 bits per heavy atom. The number of carbonyl (C=O) groups excluding carboxylic acids is 2. The highest BCUT2D eigenvalue weighted by Crippen LogP contribution is 2.28. The average Bonchev–Trinajstić information content (AvgIpc) is 2.37. The van der Waals surface area contributed by atoms with Crippen LogP contribution in [-0.4, -0.2) is 18.7 Å². The van der Waals surface area contributed by atoms with Crippen LogP contribution in [0.3, 0.4) is 0 Å². The quantitative estimate of drug-likeness (QED) is 0.541. The standard InChI is InChI=1S/C13H13N3O3/c1-19-13-4-7(14)2-3-9(13)16-10-6-11(17)8(15)5-12(10)18/h2-6,16H,14-15H2,1H3. The van der Waals surface area contributed by atoms with Crippen LogP contribution in [0.5, 0.6) is 5.75 Å². The third-order valence-corrected chi connectivity index (χ3v) is 2.61. The zero-order valence-corrected chi connectivity index (χ0v) is 10.3. The molecule has 0 bridgehead atoms. The topological polar surface area (TPSA) is 107 Å². The highest BCUT2D eigenvalue weighted by atomic mass is 16.5. The van der Waals surface area contributed by atoms with E-state index in [0.29, 0.717) is 17.1 Å². The molecule has 1 aliphatic rings. The van der Waals surface area contributed by atoms with Crippen molar-refractivity contribution in [3.05, 3.63) is 41.7 Å². The molecule has 0 heterocycles. The summed E-state index contributed by atoms with van der Waals surface area (Å²) in [5.74, 6) is -0.295. The fourth-order valence-electron chi connectivity index (χ4n) is 1.63. The normalized spacial score (nSPS) is 14.8. The number of hydrogen-bond acceptors (Lipinski definition) is 6. The second kappa shape index (κ2) is 4.85. The number of nitrogen functional groups attached to an aromatic ring is 1. The van der Waals surface area contributed by atoms with Gasteiger partial charge in [0.1, 0.15) is 5.75 Å². The fourth-order valence-corrected chi connectivity index (χ4v) is 1.63. The molecule has 19 heavy (non-hydrogen) atoms. The van der Waals surface area contributed by atoms with Crippen LogP contribution >= 0.6 is 0 Å². The van der Waals surface area contributed by atoms with Crippen LogP contribution in [0, 0.1) is 0 Å². The van der Waals surface area contributed by atoms with Crippen LogP contribution in [0.4, 0.5) is 11.4 Å². The van der Waals surface area contributed by atoms with E-state index < -0.39 is 5.78 Å². The molecule has 1 aliphatic carbocycles. The summed E-state index contributed by atoms with van der Waals surface area (Å²) in [5.41, 5.74) is 12.2. The molecule has 0 saturated heterocycles. The summed E-state index contributed by atoms with van der Waals surface area (Å²) in [6.45, 7) is 0. The number of benzene rings is 1. The Bertz CT molecular complexity index is 618. The molecule has 0 spiro atoms. The number of ketones is 2. The molecular weight excluding hydrogens is 246 g/mol. The molecule has 0 atom stereocenters. The van der Waals surface area contributed by atoms with Crippen molar-refractivity contribution in [2.45, 2.75) is 0 Å². The number of anilines is 2. The largest absolute Gasteiger partial charge is 0.494 e. The minimum absolute atomic E-state index is 0.0696. The number of nitrogens with two attached hydrogens (primary N) is 2. The summed E-state index contributed by atoms with van der Waals surface area (Å²) in [7, 11) is 1.49. The van der Waals surface area contributed by atoms with Crippen molar-refractivity contribution >= 4 is 22.9 Å². The second-order valence-corrected chi connectivity index (χ2v) is 3.97. The second-order valence-electron chi connectivity index (χ2n) is 3.97. The lowest BCUT2D eigenvalue weighted by atomic mass is 10.1. The fraction of sp³-hybridized carbons (Fsp3) is 0.0769. The van der Waals surface area contributed by atoms with Gasteiger partial charge in [-0.2, -0.15) is 0 Å². The van der Waals surface area contributed by atoms with Crippen molar-refractivity contribution < 1.29 is 14.3 Å². The summed E-state index contributed by atoms with van der Waals surface area (Å²) in [6, 6.07) is 4.93. The Kier molecular flexibility index (Phi) is 3.24. The van der Waals surface area contributed by atoms with E-state index in [1.807, 2.05) is 0 Å². The maximum atomic E-state index is 11.7. The lowest BCUT2D eigenvalue weighted by Crippen LogP contribution is -2.22. The van der Waals surface area contributed by atoms with Crippen LogP contribution in [-0.2, 0) is 9.59 Å². The summed E-state index contributed by atoms with van der Waals surface area (Å²) in [6.07, 6.45) is 2.25. The molecule has 0 aliphatic heterocycles. The first-order valence-electron chi connectivity index (χ1n) is 5.49. The Morgan fingerprint density at radius 1 is 1.11 bits per heavy atom. The first-order valence-corrected chi connectivity index (χ1v) is 5.49. The third kappa shape index (κ3) is 2.57. The monoisotopic (exact) mass is 259 g/mol. The Balaban J connectivity index is 2.30. The van der Waals surface area contributed by atoms with Gasteiger partial charge in [0, 0.05) is 23.9 Å². The van der Waals surface area contributed by atoms with E-state index in [-0.39, 0.29) is 17.2 Å². The van der Waals surface area contributed by atoms with E-state index in [2.05, 4.69) is 5.32 Å². The van der Waals surface area contributed by atoms with E-state index in [0.717, 1.165) is 12.2 Å². The number of methoxy groups -OCH3 is 1. The first-order chi connectivity index (χ1) is 9.01. The van der Waals surface area contributed by atoms with Crippen molar-refractivity contribution in [1.82, 2.24) is 0 Å². The number of nitrogens with one attached hydrogen (secondary N) is 1. The summed E-state index contributed by atoms with van der Waals surface area (Å²) < 4.78 is 5.14. The molecule has 0 aromatic heterocycles. The van der Waals surface area contributed by atoms with Gasteiger partial charge in [-0.15, -0.1) is 0 Å². The van der Waals surface area contributed by atoms with Crippen LogP contribution in [0.15, 0.2) is 41.7 Å². The van der Waals surface area contributed by atoms with Crippen molar-refractivity contribution in [2.24, 2.45) is 5.73 Å². The van der Waals surface area contributed by atoms with Crippen molar-refractivity contribution in [2.75, 3.05) is 18.2 Å². The average molecular weight is 259 g/mol. The number of rotatable bonds is 3. The highest BCUT2D eigenvalue weighted by molar-refractivity contribution is 6.20. The number of allylic oxidation sites excluding steroid dienone is 2. The number of carbonyl (C=O) groups is 2. The van der Waals surface area contributed by atoms with Crippen LogP contribution in [0.1, 0.15) is 0 Å². The highest BCUT2D eigenvalue weighted by Gasteiger charge is 2.19. The SMILES string of the molecule is COc1cc(N)ccc1NC1=CC(=O)C(N)=CC1=O. The lowest BCUT2D eigenvalue weighted by Gasteiger charge is -2.15. The van der Waals surface area contributed by atoms with E-state index in [1.54, 1.807) is 18.2 Å². The van der Waals surface area contributed by atoms with Gasteiger partial charge >= 0.3 is 0 Å². The van der Waals surface area contributed by atoms with E-state index in [9.17, 15) is 9.59 Å². The van der Waals surface area contributed by atoms with Gasteiger partial charge in [0.25, 0.3) is 0 Å². The molecule has 0 radical (unpaired) electrons. The smallest absolute Gasteiger partial charge is 0.204 e. The van der Waals surface area contributed by atoms with Gasteiger partial charge in [0.2, 0.25) is 11.6 Å². The minimum Gasteiger partial charge on any atom is -0.494 e. The molecule has 0 unspecified atom stereocenters. The molecular formula is C13H13N3O3. The van der Waals surface area contributed by atoms with Gasteiger partial charge in [-0.1, -0.05) is 0 Å². The van der Waals surface area contributed by atoms with Gasteiger partial charge in [-0.3, -0.25) is 9.59 Å². The predicted molar refractivity (Wildman–Crippen MR) is 71.4 cm³/mol. The Hall–Kier alpha value is -2.76. The van der Waals surface area contributed by atoms with Crippen molar-refractivity contribution in [3.63, 3.8) is 0 Å². The van der Waals surface area contributed by atoms with Crippen LogP contribution in [0.2, 0.25) is 0 Å². The van der Waals surface area contributed by atoms with E-state index >= 15 is 0 Å². The van der Waals surface area contributed by atoms with Crippen molar-refractivity contribution in [3.8, 4) is 5.75 Å². The molecule has 5 N–H and O–H groups in total. The molecule has 1 aromatic carbocycles. The lowest BCUT2D eigenvalue weighted by molar-refractivity contribution is -0.115. The summed E-state index contributed by atoms with van der Waals surface area (Å²) in [4.78, 5) is 23.2. The summed E-state index contributed by atoms with van der Waals surface area (Å²) >= 11 is 0. The van der Waals surface area contributed by atoms with Gasteiger partial charge in [-0.05, 0) is 12.1 Å². The summed E-state index contributed by atoms with van der Waals surface area (Å²) in [5, 5.41) is 2.84. The predicted octanol–water partition coefficient (Wildman–Crippen LogP) is 0.568. The molecule has 0 fully saturated rings. The van der Waals surface area contributed by atoms with Gasteiger partial charge in [0.15, 0.2) is 0 Å². The van der Waals surface area contributed by atoms with Gasteiger partial charge < -0.3 is 21.5 Å². The van der Waals surface area contributed by atoms with Gasteiger partial charge in [0.05, 0.1) is 24.2 Å². The third-order valence-electron chi connectivity index (χ3n) is 2.61. The molecule has 6 heteroatoms. The number of ether oxygens (including phenoxy) is 1. The maximum absolute atomic E-state index is 11.7. The maximum Gasteiger partial charge on any atom is 0.204 e. The van der Waals surface area contributed by atoms with E-state index in [1.165, 1.54) is 7.11 Å². The Labute approximate surface area is 109 Å². The van der Waals surface area contributed by atoms with Gasteiger partial charge in [-0.25, -0.2) is 0 Å². The molecule has 6 nitrogen and oxygen atoms in total. The zero-order valence-electron chi connectivity index (χ0n) is 10.3. The number of hydrogen-bond donors (Lipinski definition) is 3. The zero-order chi connectivity index (χ0) is 14.0. The van der Waals surface area contributed by atoms with E-state index in [4.69, 9.17) is 16.2 Å². The Morgan fingerprint density at radius 3 is 2.53 bits per heavy atom. The van der Waals surface area contributed by atoms with Crippen LogP contribution in [0.25, 0.3) is 0 Å². The molecule has 1 aromatic rings. The minimum atomic E-state index is -0.406. The molecule has 98 valence electrons. The molecule has 2 rings (SSSR count). The first kappa shape index (κ1) is 12.7. The molecule has 0 amide bonds. The van der Waals surface area contributed by atoms with Crippen LogP contribution < -0.4 is 21.5 Å².